The predicted molar refractivity (Wildman–Crippen MR) is 81.3 cm³/mol. The van der Waals surface area contributed by atoms with Gasteiger partial charge in [0.2, 0.25) is 0 Å². The Morgan fingerprint density at radius 3 is 2.84 bits per heavy atom. The van der Waals surface area contributed by atoms with Crippen LogP contribution in [0.25, 0.3) is 0 Å². The number of aryl methyl sites for hydroxylation is 1. The molecule has 0 aromatic heterocycles. The van der Waals surface area contributed by atoms with E-state index >= 15 is 0 Å². The highest BCUT2D eigenvalue weighted by Crippen LogP contribution is 2.41. The molecule has 1 aliphatic carbocycles. The molecule has 1 N–H and O–H groups in total. The lowest BCUT2D eigenvalue weighted by Gasteiger charge is -2.32. The minimum atomic E-state index is -0.379. The van der Waals surface area contributed by atoms with E-state index < -0.39 is 0 Å². The van der Waals surface area contributed by atoms with E-state index in [9.17, 15) is 5.11 Å². The van der Waals surface area contributed by atoms with Crippen molar-refractivity contribution in [1.82, 2.24) is 0 Å². The summed E-state index contributed by atoms with van der Waals surface area (Å²) in [6.07, 6.45) is 1.53. The van der Waals surface area contributed by atoms with Crippen molar-refractivity contribution in [1.29, 1.82) is 0 Å². The van der Waals surface area contributed by atoms with E-state index in [1.54, 1.807) is 0 Å². The first-order valence-electron chi connectivity index (χ1n) is 6.67. The highest BCUT2D eigenvalue weighted by atomic mass is 79.9. The molecule has 2 atom stereocenters. The van der Waals surface area contributed by atoms with Crippen LogP contribution in [0.2, 0.25) is 0 Å². The molecular formula is C17H17BrO. The van der Waals surface area contributed by atoms with E-state index in [0.717, 1.165) is 28.4 Å². The van der Waals surface area contributed by atoms with Crippen LogP contribution in [0.4, 0.5) is 0 Å². The third-order valence-corrected chi connectivity index (χ3v) is 4.56. The van der Waals surface area contributed by atoms with Crippen molar-refractivity contribution >= 4 is 15.9 Å². The molecule has 0 heterocycles. The molecule has 98 valence electrons. The summed E-state index contributed by atoms with van der Waals surface area (Å²) < 4.78 is 1.03. The van der Waals surface area contributed by atoms with E-state index in [-0.39, 0.29) is 6.10 Å². The maximum absolute atomic E-state index is 10.5. The molecular weight excluding hydrogens is 300 g/mol. The van der Waals surface area contributed by atoms with Gasteiger partial charge in [0, 0.05) is 4.47 Å². The average molecular weight is 317 g/mol. The highest BCUT2D eigenvalue weighted by Gasteiger charge is 2.28. The number of aliphatic hydroxyl groups is 1. The van der Waals surface area contributed by atoms with Gasteiger partial charge in [0.1, 0.15) is 0 Å². The highest BCUT2D eigenvalue weighted by molar-refractivity contribution is 9.10. The maximum atomic E-state index is 10.5. The lowest BCUT2D eigenvalue weighted by molar-refractivity contribution is 0.153. The number of rotatable bonds is 3. The summed E-state index contributed by atoms with van der Waals surface area (Å²) in [7, 11) is 0. The Morgan fingerprint density at radius 1 is 1.26 bits per heavy atom. The van der Waals surface area contributed by atoms with E-state index in [0.29, 0.717) is 5.92 Å². The number of fused-ring (bicyclic) bond motifs is 1. The molecule has 1 nitrogen and oxygen atoms in total. The second kappa shape index (κ2) is 5.10. The first-order chi connectivity index (χ1) is 9.15. The second-order valence-corrected chi connectivity index (χ2v) is 6.27. The van der Waals surface area contributed by atoms with Gasteiger partial charge in [-0.2, -0.15) is 0 Å². The van der Waals surface area contributed by atoms with Crippen molar-refractivity contribution in [3.05, 3.63) is 69.2 Å². The van der Waals surface area contributed by atoms with Crippen LogP contribution in [0.15, 0.2) is 46.9 Å². The molecule has 0 saturated carbocycles. The van der Waals surface area contributed by atoms with Gasteiger partial charge >= 0.3 is 0 Å². The zero-order valence-electron chi connectivity index (χ0n) is 10.9. The van der Waals surface area contributed by atoms with Gasteiger partial charge in [0.25, 0.3) is 0 Å². The summed E-state index contributed by atoms with van der Waals surface area (Å²) >= 11 is 3.48. The molecule has 3 rings (SSSR count). The van der Waals surface area contributed by atoms with Gasteiger partial charge in [-0.3, -0.25) is 0 Å². The van der Waals surface area contributed by atoms with Crippen LogP contribution in [0.5, 0.6) is 0 Å². The van der Waals surface area contributed by atoms with Gasteiger partial charge in [-0.25, -0.2) is 0 Å². The Bertz CT molecular complexity index is 606. The van der Waals surface area contributed by atoms with Crippen LogP contribution in [0.3, 0.4) is 0 Å². The molecule has 2 unspecified atom stereocenters. The van der Waals surface area contributed by atoms with E-state index in [1.807, 2.05) is 12.1 Å². The Balaban J connectivity index is 1.76. The summed E-state index contributed by atoms with van der Waals surface area (Å²) in [5, 5.41) is 10.5. The molecule has 0 aliphatic heterocycles. The predicted octanol–water partition coefficient (Wildman–Crippen LogP) is 4.52. The molecule has 2 heteroatoms. The quantitative estimate of drug-likeness (QED) is 0.882. The van der Waals surface area contributed by atoms with Gasteiger partial charge in [0.05, 0.1) is 6.10 Å². The Morgan fingerprint density at radius 2 is 2.05 bits per heavy atom. The maximum Gasteiger partial charge on any atom is 0.0799 e. The van der Waals surface area contributed by atoms with Crippen LogP contribution in [-0.2, 0) is 6.42 Å². The Labute approximate surface area is 122 Å². The smallest absolute Gasteiger partial charge is 0.0799 e. The molecule has 0 radical (unpaired) electrons. The summed E-state index contributed by atoms with van der Waals surface area (Å²) in [6.45, 7) is 2.06. The second-order valence-electron chi connectivity index (χ2n) is 5.35. The van der Waals surface area contributed by atoms with Crippen LogP contribution in [0.1, 0.15) is 40.7 Å². The first-order valence-corrected chi connectivity index (χ1v) is 7.46. The third-order valence-electron chi connectivity index (χ3n) is 4.07. The van der Waals surface area contributed by atoms with Crippen molar-refractivity contribution in [2.75, 3.05) is 0 Å². The molecule has 1 aliphatic rings. The summed E-state index contributed by atoms with van der Waals surface area (Å²) in [6, 6.07) is 14.6. The average Bonchev–Trinajstić information content (AvgIpc) is 2.38. The van der Waals surface area contributed by atoms with Crippen LogP contribution >= 0.6 is 15.9 Å². The van der Waals surface area contributed by atoms with Gasteiger partial charge in [-0.15, -0.1) is 0 Å². The number of hydrogen-bond acceptors (Lipinski definition) is 1. The van der Waals surface area contributed by atoms with Crippen molar-refractivity contribution in [2.24, 2.45) is 0 Å². The van der Waals surface area contributed by atoms with Crippen LogP contribution < -0.4 is 0 Å². The normalized spacial score (nSPS) is 18.6. The summed E-state index contributed by atoms with van der Waals surface area (Å²) in [5.41, 5.74) is 5.04. The van der Waals surface area contributed by atoms with Crippen molar-refractivity contribution in [2.45, 2.75) is 31.8 Å². The lowest BCUT2D eigenvalue weighted by atomic mass is 9.74. The van der Waals surface area contributed by atoms with Gasteiger partial charge in [-0.1, -0.05) is 46.3 Å². The molecule has 0 bridgehead atoms. The fourth-order valence-electron chi connectivity index (χ4n) is 2.94. The third kappa shape index (κ3) is 2.47. The first kappa shape index (κ1) is 12.9. The van der Waals surface area contributed by atoms with Gasteiger partial charge in [-0.05, 0) is 60.1 Å². The summed E-state index contributed by atoms with van der Waals surface area (Å²) in [5.74, 6) is 0.504. The standard InChI is InChI=1S/C17H17BrO/c1-11-6-7-14(18)10-16(11)17(19)9-13-8-12-4-2-3-5-15(12)13/h2-7,10,13,17,19H,8-9H2,1H3. The van der Waals surface area contributed by atoms with E-state index in [4.69, 9.17) is 0 Å². The monoisotopic (exact) mass is 316 g/mol. The van der Waals surface area contributed by atoms with Crippen molar-refractivity contribution in [3.63, 3.8) is 0 Å². The Hall–Kier alpha value is -1.12. The largest absolute Gasteiger partial charge is 0.388 e. The topological polar surface area (TPSA) is 20.2 Å². The van der Waals surface area contributed by atoms with Gasteiger partial charge in [0.15, 0.2) is 0 Å². The fraction of sp³-hybridized carbons (Fsp3) is 0.294. The minimum Gasteiger partial charge on any atom is -0.388 e. The summed E-state index contributed by atoms with van der Waals surface area (Å²) in [4.78, 5) is 0. The fourth-order valence-corrected chi connectivity index (χ4v) is 3.32. The Kier molecular flexibility index (Phi) is 3.46. The SMILES string of the molecule is Cc1ccc(Br)cc1C(O)CC1Cc2ccccc21. The molecule has 2 aromatic carbocycles. The van der Waals surface area contributed by atoms with Gasteiger partial charge < -0.3 is 5.11 Å². The molecule has 19 heavy (non-hydrogen) atoms. The number of halogens is 1. The molecule has 0 fully saturated rings. The van der Waals surface area contributed by atoms with E-state index in [1.165, 1.54) is 11.1 Å². The molecule has 0 spiro atoms. The molecule has 2 aromatic rings. The minimum absolute atomic E-state index is 0.379. The lowest BCUT2D eigenvalue weighted by Crippen LogP contribution is -2.19. The van der Waals surface area contributed by atoms with Crippen molar-refractivity contribution < 1.29 is 5.11 Å². The van der Waals surface area contributed by atoms with Crippen LogP contribution in [0, 0.1) is 6.92 Å². The number of benzene rings is 2. The number of hydrogen-bond donors (Lipinski definition) is 1. The zero-order valence-corrected chi connectivity index (χ0v) is 12.5. The zero-order chi connectivity index (χ0) is 13.4. The van der Waals surface area contributed by atoms with E-state index in [2.05, 4.69) is 53.2 Å². The molecule has 0 saturated heterocycles. The van der Waals surface area contributed by atoms with Crippen LogP contribution in [-0.4, -0.2) is 5.11 Å². The van der Waals surface area contributed by atoms with Crippen molar-refractivity contribution in [3.8, 4) is 0 Å². The number of aliphatic hydroxyl groups excluding tert-OH is 1. The molecule has 0 amide bonds.